The predicted octanol–water partition coefficient (Wildman–Crippen LogP) is 1.26. The fourth-order valence-electron chi connectivity index (χ4n) is 1.88. The molecule has 1 rings (SSSR count). The Morgan fingerprint density at radius 3 is 2.23 bits per heavy atom. The van der Waals surface area contributed by atoms with Crippen LogP contribution in [0.2, 0.25) is 0 Å². The van der Waals surface area contributed by atoms with Crippen LogP contribution in [0.25, 0.3) is 0 Å². The van der Waals surface area contributed by atoms with E-state index in [1.165, 1.54) is 6.92 Å². The number of nitrogens with one attached hydrogen (secondary N) is 1. The molecule has 0 radical (unpaired) electrons. The summed E-state index contributed by atoms with van der Waals surface area (Å²) in [5.74, 6) is -6.07. The van der Waals surface area contributed by atoms with Gasteiger partial charge in [-0.05, 0) is 13.3 Å². The highest BCUT2D eigenvalue weighted by molar-refractivity contribution is 6.07. The lowest BCUT2D eigenvalue weighted by molar-refractivity contribution is 0.0642. The number of carbonyl (C=O) groups is 3. The van der Waals surface area contributed by atoms with Gasteiger partial charge in [0.15, 0.2) is 5.78 Å². The van der Waals surface area contributed by atoms with E-state index in [2.05, 4.69) is 0 Å². The lowest BCUT2D eigenvalue weighted by Gasteiger charge is -2.11. The highest BCUT2D eigenvalue weighted by atomic mass is 16.4. The van der Waals surface area contributed by atoms with Crippen molar-refractivity contribution in [2.24, 2.45) is 5.92 Å². The zero-order valence-corrected chi connectivity index (χ0v) is 11.9. The van der Waals surface area contributed by atoms with Crippen LogP contribution >= 0.6 is 0 Å². The number of carboxylic acids is 2. The van der Waals surface area contributed by atoms with Crippen LogP contribution in [-0.2, 0) is 0 Å². The number of carbonyl (C=O) groups excluding carboxylic acids is 1. The third-order valence-corrected chi connectivity index (χ3v) is 3.04. The van der Waals surface area contributed by atoms with E-state index in [0.717, 1.165) is 0 Å². The van der Waals surface area contributed by atoms with Crippen molar-refractivity contribution in [1.82, 2.24) is 4.98 Å². The van der Waals surface area contributed by atoms with E-state index in [9.17, 15) is 24.3 Å². The van der Waals surface area contributed by atoms with Crippen molar-refractivity contribution in [2.75, 3.05) is 0 Å². The second-order valence-electron chi connectivity index (χ2n) is 4.61. The number of pyridine rings is 1. The maximum Gasteiger partial charge on any atom is 0.353 e. The molecule has 0 amide bonds. The molecular weight excluding hydrogens is 294 g/mol. The largest absolute Gasteiger partial charge is 0.506 e. The van der Waals surface area contributed by atoms with Gasteiger partial charge in [0.2, 0.25) is 0 Å². The van der Waals surface area contributed by atoms with Crippen LogP contribution in [0.15, 0.2) is 16.9 Å². The maximum absolute atomic E-state index is 12.2. The highest BCUT2D eigenvalue weighted by Crippen LogP contribution is 2.25. The van der Waals surface area contributed by atoms with Crippen molar-refractivity contribution in [3.05, 3.63) is 39.3 Å². The molecular formula is C14H15NO7. The first-order valence-corrected chi connectivity index (χ1v) is 6.33. The Bertz CT molecular complexity index is 715. The second kappa shape index (κ2) is 6.70. The second-order valence-corrected chi connectivity index (χ2v) is 4.61. The van der Waals surface area contributed by atoms with Crippen LogP contribution in [-0.4, -0.2) is 38.0 Å². The molecule has 8 heteroatoms. The van der Waals surface area contributed by atoms with Gasteiger partial charge in [-0.15, -0.1) is 0 Å². The Morgan fingerprint density at radius 2 is 1.77 bits per heavy atom. The third-order valence-electron chi connectivity index (χ3n) is 3.04. The van der Waals surface area contributed by atoms with Crippen molar-refractivity contribution < 1.29 is 29.7 Å². The van der Waals surface area contributed by atoms with E-state index in [1.54, 1.807) is 19.1 Å². The quantitative estimate of drug-likeness (QED) is 0.457. The molecule has 8 nitrogen and oxygen atoms in total. The van der Waals surface area contributed by atoms with E-state index in [-0.39, 0.29) is 6.42 Å². The molecule has 0 saturated heterocycles. The molecule has 1 heterocycles. The van der Waals surface area contributed by atoms with Gasteiger partial charge >= 0.3 is 11.9 Å². The first kappa shape index (κ1) is 17.2. The number of hydrogen-bond donors (Lipinski definition) is 4. The maximum atomic E-state index is 12.2. The highest BCUT2D eigenvalue weighted by Gasteiger charge is 2.30. The van der Waals surface area contributed by atoms with Crippen LogP contribution in [0.3, 0.4) is 0 Å². The predicted molar refractivity (Wildman–Crippen MR) is 75.6 cm³/mol. The number of hydrogen-bond acceptors (Lipinski definition) is 5. The molecule has 0 aliphatic rings. The number of rotatable bonds is 6. The number of allylic oxidation sites excluding steroid dienone is 2. The van der Waals surface area contributed by atoms with Crippen molar-refractivity contribution in [3.63, 3.8) is 0 Å². The van der Waals surface area contributed by atoms with E-state index < -0.39 is 51.8 Å². The van der Waals surface area contributed by atoms with Crippen LogP contribution in [0.5, 0.6) is 5.75 Å². The van der Waals surface area contributed by atoms with Crippen LogP contribution < -0.4 is 5.56 Å². The summed E-state index contributed by atoms with van der Waals surface area (Å²) in [6.45, 7) is 3.25. The van der Waals surface area contributed by atoms with Gasteiger partial charge in [-0.3, -0.25) is 9.59 Å². The molecule has 0 aliphatic heterocycles. The summed E-state index contributed by atoms with van der Waals surface area (Å²) < 4.78 is 0. The molecule has 0 saturated carbocycles. The molecule has 1 aromatic rings. The van der Waals surface area contributed by atoms with E-state index >= 15 is 0 Å². The first-order valence-electron chi connectivity index (χ1n) is 6.33. The van der Waals surface area contributed by atoms with Crippen molar-refractivity contribution in [2.45, 2.75) is 20.3 Å². The van der Waals surface area contributed by atoms with Gasteiger partial charge in [-0.1, -0.05) is 19.1 Å². The van der Waals surface area contributed by atoms with E-state index in [4.69, 9.17) is 10.2 Å². The number of aromatic nitrogens is 1. The topological polar surface area (TPSA) is 145 Å². The van der Waals surface area contributed by atoms with E-state index in [0.29, 0.717) is 0 Å². The first-order chi connectivity index (χ1) is 10.2. The zero-order chi connectivity index (χ0) is 17.0. The molecule has 4 N–H and O–H groups in total. The van der Waals surface area contributed by atoms with Gasteiger partial charge in [-0.25, -0.2) is 9.59 Å². The van der Waals surface area contributed by atoms with E-state index in [1.807, 2.05) is 4.98 Å². The molecule has 0 aliphatic carbocycles. The van der Waals surface area contributed by atoms with Crippen LogP contribution in [0.1, 0.15) is 51.5 Å². The van der Waals surface area contributed by atoms with Gasteiger partial charge in [-0.2, -0.15) is 0 Å². The summed E-state index contributed by atoms with van der Waals surface area (Å²) in [7, 11) is 0. The Morgan fingerprint density at radius 1 is 1.18 bits per heavy atom. The number of aromatic amines is 1. The monoisotopic (exact) mass is 309 g/mol. The molecule has 0 spiro atoms. The number of aromatic carboxylic acids is 2. The summed E-state index contributed by atoms with van der Waals surface area (Å²) in [6, 6.07) is 0. The third kappa shape index (κ3) is 3.22. The average molecular weight is 309 g/mol. The fourth-order valence-corrected chi connectivity index (χ4v) is 1.88. The molecule has 0 bridgehead atoms. The Kier molecular flexibility index (Phi) is 5.23. The van der Waals surface area contributed by atoms with Gasteiger partial charge in [0.1, 0.15) is 22.6 Å². The summed E-state index contributed by atoms with van der Waals surface area (Å²) in [5, 5.41) is 27.8. The molecule has 118 valence electrons. The molecule has 22 heavy (non-hydrogen) atoms. The number of ketones is 1. The van der Waals surface area contributed by atoms with Gasteiger partial charge in [0, 0.05) is 5.92 Å². The summed E-state index contributed by atoms with van der Waals surface area (Å²) >= 11 is 0. The smallest absolute Gasteiger partial charge is 0.353 e. The van der Waals surface area contributed by atoms with Crippen LogP contribution in [0.4, 0.5) is 0 Å². The van der Waals surface area contributed by atoms with Gasteiger partial charge < -0.3 is 20.3 Å². The van der Waals surface area contributed by atoms with Gasteiger partial charge in [0.25, 0.3) is 5.56 Å². The number of aromatic hydroxyl groups is 1. The summed E-state index contributed by atoms with van der Waals surface area (Å²) in [4.78, 5) is 47.9. The number of carboxylic acid groups (broad SMARTS) is 2. The van der Waals surface area contributed by atoms with Crippen molar-refractivity contribution in [3.8, 4) is 5.75 Å². The summed E-state index contributed by atoms with van der Waals surface area (Å²) in [5.41, 5.74) is -3.89. The minimum atomic E-state index is -1.76. The Hall–Kier alpha value is -2.90. The molecule has 0 aromatic carbocycles. The van der Waals surface area contributed by atoms with Crippen LogP contribution in [0, 0.1) is 5.92 Å². The minimum Gasteiger partial charge on any atom is -0.506 e. The van der Waals surface area contributed by atoms with Crippen molar-refractivity contribution >= 4 is 17.7 Å². The van der Waals surface area contributed by atoms with Gasteiger partial charge in [0.05, 0.1) is 0 Å². The lowest BCUT2D eigenvalue weighted by Crippen LogP contribution is -2.27. The fraction of sp³-hybridized carbons (Fsp3) is 0.286. The number of Topliss-reactive ketones (excluding diaryl/α,β-unsaturated/α-hetero) is 1. The molecule has 0 fully saturated rings. The molecule has 1 atom stereocenters. The normalized spacial score (nSPS) is 12.3. The number of H-pyrrole nitrogens is 1. The SMILES string of the molecule is C/C=C/CC(C)C(=O)c1c(O)c(C(=O)O)c(C(=O)O)[nH]c1=O. The van der Waals surface area contributed by atoms with Crippen molar-refractivity contribution in [1.29, 1.82) is 0 Å². The minimum absolute atomic E-state index is 0.289. The standard InChI is InChI=1S/C14H15NO7/c1-3-4-5-6(2)10(16)8-11(17)7(13(19)20)9(14(21)22)15-12(8)18/h3-4,6H,5H2,1-2H3,(H,19,20)(H,21,22)(H2,15,17,18)/b4-3+. The lowest BCUT2D eigenvalue weighted by atomic mass is 9.94. The Balaban J connectivity index is 3.54. The molecule has 1 aromatic heterocycles. The summed E-state index contributed by atoms with van der Waals surface area (Å²) in [6.07, 6.45) is 3.67. The zero-order valence-electron chi connectivity index (χ0n) is 11.9. The molecule has 1 unspecified atom stereocenters. The Labute approximate surface area is 124 Å². The average Bonchev–Trinajstić information content (AvgIpc) is 2.43.